The van der Waals surface area contributed by atoms with Gasteiger partial charge in [-0.15, -0.1) is 0 Å². The van der Waals surface area contributed by atoms with Gasteiger partial charge in [-0.1, -0.05) is 36.8 Å². The molecule has 0 aromatic heterocycles. The summed E-state index contributed by atoms with van der Waals surface area (Å²) in [5, 5.41) is 6.65. The van der Waals surface area contributed by atoms with E-state index in [-0.39, 0.29) is 11.3 Å². The predicted octanol–water partition coefficient (Wildman–Crippen LogP) is 2.52. The Hall–Kier alpha value is -1.35. The molecule has 2 fully saturated rings. The van der Waals surface area contributed by atoms with Crippen LogP contribution >= 0.6 is 0 Å². The lowest BCUT2D eigenvalue weighted by atomic mass is 9.64. The zero-order chi connectivity index (χ0) is 14.5. The van der Waals surface area contributed by atoms with Crippen molar-refractivity contribution in [3.63, 3.8) is 0 Å². The van der Waals surface area contributed by atoms with E-state index in [4.69, 9.17) is 0 Å². The van der Waals surface area contributed by atoms with Crippen molar-refractivity contribution in [2.75, 3.05) is 19.6 Å². The van der Waals surface area contributed by atoms with Crippen molar-refractivity contribution in [3.05, 3.63) is 35.9 Å². The first-order valence-electron chi connectivity index (χ1n) is 8.31. The fraction of sp³-hybridized carbons (Fsp3) is 0.611. The average molecular weight is 286 g/mol. The van der Waals surface area contributed by atoms with Crippen LogP contribution in [0.1, 0.15) is 37.7 Å². The van der Waals surface area contributed by atoms with Gasteiger partial charge in [0.25, 0.3) is 0 Å². The van der Waals surface area contributed by atoms with Crippen molar-refractivity contribution in [1.29, 1.82) is 0 Å². The first kappa shape index (κ1) is 14.6. The molecule has 2 aliphatic rings. The van der Waals surface area contributed by atoms with Crippen molar-refractivity contribution in [2.24, 2.45) is 11.3 Å². The van der Waals surface area contributed by atoms with Crippen LogP contribution in [-0.2, 0) is 11.2 Å². The van der Waals surface area contributed by atoms with Crippen molar-refractivity contribution < 1.29 is 4.79 Å². The van der Waals surface area contributed by atoms with Gasteiger partial charge in [0.1, 0.15) is 0 Å². The maximum Gasteiger partial charge on any atom is 0.226 e. The number of carbonyl (C=O) groups is 1. The molecule has 1 amide bonds. The highest BCUT2D eigenvalue weighted by atomic mass is 16.2. The molecule has 21 heavy (non-hydrogen) atoms. The molecular formula is C18H26N2O. The lowest BCUT2D eigenvalue weighted by Crippen LogP contribution is -2.49. The van der Waals surface area contributed by atoms with E-state index in [2.05, 4.69) is 34.9 Å². The van der Waals surface area contributed by atoms with Gasteiger partial charge in [0.15, 0.2) is 0 Å². The second kappa shape index (κ2) is 6.61. The van der Waals surface area contributed by atoms with E-state index in [0.717, 1.165) is 38.9 Å². The Labute approximate surface area is 127 Å². The highest BCUT2D eigenvalue weighted by Crippen LogP contribution is 2.44. The molecule has 0 spiro atoms. The molecule has 1 aliphatic heterocycles. The van der Waals surface area contributed by atoms with Crippen LogP contribution in [0, 0.1) is 11.3 Å². The quantitative estimate of drug-likeness (QED) is 0.873. The van der Waals surface area contributed by atoms with Crippen LogP contribution in [0.2, 0.25) is 0 Å². The number of benzene rings is 1. The Morgan fingerprint density at radius 1 is 1.24 bits per heavy atom. The standard InChI is InChI=1S/C18H26N2O/c21-17(20-14-16-8-4-11-19-13-16)18(9-5-10-18)12-15-6-2-1-3-7-15/h1-3,6-7,16,19H,4-5,8-14H2,(H,20,21). The molecule has 0 radical (unpaired) electrons. The van der Waals surface area contributed by atoms with Gasteiger partial charge in [-0.3, -0.25) is 4.79 Å². The minimum Gasteiger partial charge on any atom is -0.355 e. The van der Waals surface area contributed by atoms with Crippen LogP contribution in [-0.4, -0.2) is 25.5 Å². The minimum atomic E-state index is -0.135. The number of hydrogen-bond acceptors (Lipinski definition) is 2. The maximum absolute atomic E-state index is 12.7. The number of hydrogen-bond donors (Lipinski definition) is 2. The highest BCUT2D eigenvalue weighted by molar-refractivity contribution is 5.83. The molecular weight excluding hydrogens is 260 g/mol. The van der Waals surface area contributed by atoms with Crippen LogP contribution in [0.3, 0.4) is 0 Å². The molecule has 0 bridgehead atoms. The van der Waals surface area contributed by atoms with E-state index in [1.54, 1.807) is 0 Å². The third-order valence-corrected chi connectivity index (χ3v) is 5.13. The summed E-state index contributed by atoms with van der Waals surface area (Å²) in [6.45, 7) is 3.01. The van der Waals surface area contributed by atoms with Crippen molar-refractivity contribution >= 4 is 5.91 Å². The molecule has 1 aromatic carbocycles. The van der Waals surface area contributed by atoms with Gasteiger partial charge in [0, 0.05) is 6.54 Å². The lowest BCUT2D eigenvalue weighted by Gasteiger charge is -2.41. The first-order chi connectivity index (χ1) is 10.3. The summed E-state index contributed by atoms with van der Waals surface area (Å²) in [6.07, 6.45) is 6.62. The monoisotopic (exact) mass is 286 g/mol. The Morgan fingerprint density at radius 3 is 2.67 bits per heavy atom. The summed E-state index contributed by atoms with van der Waals surface area (Å²) < 4.78 is 0. The molecule has 1 aliphatic carbocycles. The fourth-order valence-electron chi connectivity index (χ4n) is 3.60. The van der Waals surface area contributed by atoms with Gasteiger partial charge in [-0.2, -0.15) is 0 Å². The van der Waals surface area contributed by atoms with Gasteiger partial charge < -0.3 is 10.6 Å². The molecule has 1 atom stereocenters. The zero-order valence-corrected chi connectivity index (χ0v) is 12.7. The van der Waals surface area contributed by atoms with Crippen LogP contribution in [0.25, 0.3) is 0 Å². The number of rotatable bonds is 5. The molecule has 2 N–H and O–H groups in total. The summed E-state index contributed by atoms with van der Waals surface area (Å²) in [7, 11) is 0. The summed E-state index contributed by atoms with van der Waals surface area (Å²) in [6, 6.07) is 10.4. The largest absolute Gasteiger partial charge is 0.355 e. The molecule has 1 aromatic rings. The third-order valence-electron chi connectivity index (χ3n) is 5.13. The van der Waals surface area contributed by atoms with E-state index in [1.165, 1.54) is 24.8 Å². The minimum absolute atomic E-state index is 0.135. The predicted molar refractivity (Wildman–Crippen MR) is 85.0 cm³/mol. The molecule has 3 nitrogen and oxygen atoms in total. The van der Waals surface area contributed by atoms with Crippen molar-refractivity contribution in [1.82, 2.24) is 10.6 Å². The molecule has 114 valence electrons. The van der Waals surface area contributed by atoms with Crippen molar-refractivity contribution in [2.45, 2.75) is 38.5 Å². The fourth-order valence-corrected chi connectivity index (χ4v) is 3.60. The summed E-state index contributed by atoms with van der Waals surface area (Å²) >= 11 is 0. The number of amides is 1. The molecule has 1 heterocycles. The second-order valence-corrected chi connectivity index (χ2v) is 6.72. The van der Waals surface area contributed by atoms with Gasteiger partial charge in [-0.05, 0) is 56.7 Å². The Kier molecular flexibility index (Phi) is 4.59. The zero-order valence-electron chi connectivity index (χ0n) is 12.7. The van der Waals surface area contributed by atoms with Crippen LogP contribution in [0.15, 0.2) is 30.3 Å². The molecule has 3 heteroatoms. The topological polar surface area (TPSA) is 41.1 Å². The summed E-state index contributed by atoms with van der Waals surface area (Å²) in [4.78, 5) is 12.7. The normalized spacial score (nSPS) is 24.1. The summed E-state index contributed by atoms with van der Waals surface area (Å²) in [5.74, 6) is 0.889. The number of piperidine rings is 1. The van der Waals surface area contributed by atoms with E-state index in [0.29, 0.717) is 5.92 Å². The van der Waals surface area contributed by atoms with Gasteiger partial charge in [0.05, 0.1) is 5.41 Å². The Bertz CT molecular complexity index is 461. The molecule has 1 saturated heterocycles. The van der Waals surface area contributed by atoms with Gasteiger partial charge >= 0.3 is 0 Å². The number of carbonyl (C=O) groups excluding carboxylic acids is 1. The number of nitrogens with one attached hydrogen (secondary N) is 2. The van der Waals surface area contributed by atoms with Crippen LogP contribution < -0.4 is 10.6 Å². The SMILES string of the molecule is O=C(NCC1CCCNC1)C1(Cc2ccccc2)CCC1. The highest BCUT2D eigenvalue weighted by Gasteiger charge is 2.43. The Balaban J connectivity index is 1.56. The van der Waals surface area contributed by atoms with E-state index < -0.39 is 0 Å². The lowest BCUT2D eigenvalue weighted by molar-refractivity contribution is -0.136. The van der Waals surface area contributed by atoms with Crippen LogP contribution in [0.5, 0.6) is 0 Å². The summed E-state index contributed by atoms with van der Waals surface area (Å²) in [5.41, 5.74) is 1.15. The molecule has 1 saturated carbocycles. The molecule has 3 rings (SSSR count). The Morgan fingerprint density at radius 2 is 2.05 bits per heavy atom. The first-order valence-corrected chi connectivity index (χ1v) is 8.31. The van der Waals surface area contributed by atoms with Crippen LogP contribution in [0.4, 0.5) is 0 Å². The maximum atomic E-state index is 12.7. The van der Waals surface area contributed by atoms with Gasteiger partial charge in [-0.25, -0.2) is 0 Å². The van der Waals surface area contributed by atoms with Gasteiger partial charge in [0.2, 0.25) is 5.91 Å². The van der Waals surface area contributed by atoms with E-state index in [1.807, 2.05) is 6.07 Å². The smallest absolute Gasteiger partial charge is 0.226 e. The van der Waals surface area contributed by atoms with E-state index >= 15 is 0 Å². The van der Waals surface area contributed by atoms with Crippen molar-refractivity contribution in [3.8, 4) is 0 Å². The third kappa shape index (κ3) is 3.46. The molecule has 1 unspecified atom stereocenters. The average Bonchev–Trinajstić information content (AvgIpc) is 2.50. The second-order valence-electron chi connectivity index (χ2n) is 6.72. The van der Waals surface area contributed by atoms with E-state index in [9.17, 15) is 4.79 Å².